The topological polar surface area (TPSA) is 65.9 Å². The fourth-order valence-electron chi connectivity index (χ4n) is 3.01. The highest BCUT2D eigenvalue weighted by Crippen LogP contribution is 2.28. The molecule has 1 aromatic rings. The van der Waals surface area contributed by atoms with Crippen molar-refractivity contribution in [3.05, 3.63) is 29.3 Å². The molecule has 2 aliphatic heterocycles. The minimum Gasteiger partial charge on any atom is -0.493 e. The fourth-order valence-corrected chi connectivity index (χ4v) is 4.29. The van der Waals surface area contributed by atoms with Crippen LogP contribution in [0.5, 0.6) is 5.75 Å². The summed E-state index contributed by atoms with van der Waals surface area (Å²) in [5.41, 5.74) is 2.00. The van der Waals surface area contributed by atoms with Gasteiger partial charge in [-0.3, -0.25) is 4.99 Å². The maximum Gasteiger partial charge on any atom is 0.191 e. The summed E-state index contributed by atoms with van der Waals surface area (Å²) in [5.74, 6) is 3.63. The number of fused-ring (bicyclic) bond motifs is 1. The second kappa shape index (κ2) is 8.12. The van der Waals surface area contributed by atoms with Crippen LogP contribution in [0.2, 0.25) is 0 Å². The lowest BCUT2D eigenvalue weighted by Crippen LogP contribution is -2.40. The molecule has 0 spiro atoms. The SMILES string of the molecule is CCNC(=NCC1(O)CCSC1)NCCc1ccc2c(c1)CCO2. The summed E-state index contributed by atoms with van der Waals surface area (Å²) in [6, 6.07) is 6.45. The van der Waals surface area contributed by atoms with E-state index >= 15 is 0 Å². The first kappa shape index (κ1) is 17.4. The van der Waals surface area contributed by atoms with E-state index in [1.807, 2.05) is 0 Å². The van der Waals surface area contributed by atoms with Crippen LogP contribution in [-0.4, -0.2) is 54.4 Å². The first-order chi connectivity index (χ1) is 11.7. The van der Waals surface area contributed by atoms with Crippen LogP contribution >= 0.6 is 11.8 Å². The van der Waals surface area contributed by atoms with E-state index in [1.54, 1.807) is 11.8 Å². The Morgan fingerprint density at radius 1 is 1.42 bits per heavy atom. The number of hydrogen-bond acceptors (Lipinski definition) is 4. The standard InChI is InChI=1S/C18H27N3O2S/c1-2-19-17(21-12-18(22)7-10-24-13-18)20-8-5-14-3-4-16-15(11-14)6-9-23-16/h3-4,11,22H,2,5-10,12-13H2,1H3,(H2,19,20,21). The highest BCUT2D eigenvalue weighted by molar-refractivity contribution is 7.99. The van der Waals surface area contributed by atoms with E-state index in [1.165, 1.54) is 11.1 Å². The number of ether oxygens (including phenoxy) is 1. The van der Waals surface area contributed by atoms with E-state index < -0.39 is 5.60 Å². The first-order valence-electron chi connectivity index (χ1n) is 8.75. The maximum absolute atomic E-state index is 10.4. The predicted octanol–water partition coefficient (Wildman–Crippen LogP) is 1.59. The van der Waals surface area contributed by atoms with Gasteiger partial charge in [-0.1, -0.05) is 12.1 Å². The summed E-state index contributed by atoms with van der Waals surface area (Å²) in [5, 5.41) is 17.0. The van der Waals surface area contributed by atoms with Gasteiger partial charge in [-0.15, -0.1) is 0 Å². The van der Waals surface area contributed by atoms with Gasteiger partial charge in [0.05, 0.1) is 18.8 Å². The van der Waals surface area contributed by atoms with Crippen LogP contribution in [-0.2, 0) is 12.8 Å². The van der Waals surface area contributed by atoms with Gasteiger partial charge in [-0.05, 0) is 42.7 Å². The van der Waals surface area contributed by atoms with Crippen LogP contribution in [0.25, 0.3) is 0 Å². The predicted molar refractivity (Wildman–Crippen MR) is 100 cm³/mol. The van der Waals surface area contributed by atoms with Gasteiger partial charge in [0.2, 0.25) is 0 Å². The highest BCUT2D eigenvalue weighted by atomic mass is 32.2. The fraction of sp³-hybridized carbons (Fsp3) is 0.611. The van der Waals surface area contributed by atoms with Gasteiger partial charge in [-0.2, -0.15) is 11.8 Å². The van der Waals surface area contributed by atoms with Crippen LogP contribution in [0.1, 0.15) is 24.5 Å². The van der Waals surface area contributed by atoms with E-state index in [-0.39, 0.29) is 0 Å². The van der Waals surface area contributed by atoms with E-state index in [2.05, 4.69) is 40.7 Å². The Hall–Kier alpha value is -1.40. The van der Waals surface area contributed by atoms with Crippen molar-refractivity contribution < 1.29 is 9.84 Å². The zero-order chi connectivity index (χ0) is 16.8. The summed E-state index contributed by atoms with van der Waals surface area (Å²) in [7, 11) is 0. The van der Waals surface area contributed by atoms with Crippen LogP contribution in [0, 0.1) is 0 Å². The molecule has 0 saturated carbocycles. The lowest BCUT2D eigenvalue weighted by molar-refractivity contribution is 0.0778. The van der Waals surface area contributed by atoms with Crippen molar-refractivity contribution in [3.63, 3.8) is 0 Å². The molecule has 1 unspecified atom stereocenters. The van der Waals surface area contributed by atoms with Crippen molar-refractivity contribution in [1.82, 2.24) is 10.6 Å². The molecule has 6 heteroatoms. The van der Waals surface area contributed by atoms with Gasteiger partial charge in [0.15, 0.2) is 5.96 Å². The summed E-state index contributed by atoms with van der Waals surface area (Å²) in [6.45, 7) is 4.95. The van der Waals surface area contributed by atoms with Gasteiger partial charge in [0.25, 0.3) is 0 Å². The number of aliphatic hydroxyl groups is 1. The Kier molecular flexibility index (Phi) is 5.89. The summed E-state index contributed by atoms with van der Waals surface area (Å²) in [6.07, 6.45) is 2.78. The van der Waals surface area contributed by atoms with Crippen molar-refractivity contribution in [3.8, 4) is 5.75 Å². The number of hydrogen-bond donors (Lipinski definition) is 3. The minimum absolute atomic E-state index is 0.464. The van der Waals surface area contributed by atoms with E-state index in [0.29, 0.717) is 6.54 Å². The number of guanidine groups is 1. The molecule has 24 heavy (non-hydrogen) atoms. The number of nitrogens with zero attached hydrogens (tertiary/aromatic N) is 1. The molecule has 3 rings (SSSR count). The largest absolute Gasteiger partial charge is 0.493 e. The van der Waals surface area contributed by atoms with Crippen molar-refractivity contribution in [2.24, 2.45) is 4.99 Å². The summed E-state index contributed by atoms with van der Waals surface area (Å²) < 4.78 is 5.55. The third kappa shape index (κ3) is 4.57. The average Bonchev–Trinajstić information content (AvgIpc) is 3.21. The second-order valence-corrected chi connectivity index (χ2v) is 7.54. The molecule has 0 bridgehead atoms. The molecular formula is C18H27N3O2S. The molecule has 1 fully saturated rings. The molecule has 3 N–H and O–H groups in total. The van der Waals surface area contributed by atoms with Crippen LogP contribution in [0.4, 0.5) is 0 Å². The number of benzene rings is 1. The van der Waals surface area contributed by atoms with Gasteiger partial charge < -0.3 is 20.5 Å². The van der Waals surface area contributed by atoms with Crippen LogP contribution in [0.15, 0.2) is 23.2 Å². The Morgan fingerprint density at radius 3 is 3.12 bits per heavy atom. The number of aliphatic imine (C=N–C) groups is 1. The van der Waals surface area contributed by atoms with Crippen molar-refractivity contribution in [1.29, 1.82) is 0 Å². The van der Waals surface area contributed by atoms with Crippen LogP contribution < -0.4 is 15.4 Å². The zero-order valence-electron chi connectivity index (χ0n) is 14.3. The quantitative estimate of drug-likeness (QED) is 0.538. The average molecular weight is 350 g/mol. The molecule has 1 aromatic carbocycles. The van der Waals surface area contributed by atoms with Crippen molar-refractivity contribution in [2.45, 2.75) is 31.8 Å². The van der Waals surface area contributed by atoms with Crippen LogP contribution in [0.3, 0.4) is 0 Å². The molecule has 2 aliphatic rings. The van der Waals surface area contributed by atoms with Gasteiger partial charge in [0, 0.05) is 25.3 Å². The normalized spacial score (nSPS) is 23.0. The molecule has 0 amide bonds. The lowest BCUT2D eigenvalue weighted by Gasteiger charge is -2.19. The Labute approximate surface area is 148 Å². The monoisotopic (exact) mass is 349 g/mol. The molecule has 0 aliphatic carbocycles. The number of rotatable bonds is 6. The Bertz CT molecular complexity index is 586. The molecule has 1 atom stereocenters. The van der Waals surface area contributed by atoms with Gasteiger partial charge >= 0.3 is 0 Å². The molecule has 2 heterocycles. The van der Waals surface area contributed by atoms with Gasteiger partial charge in [0.1, 0.15) is 5.75 Å². The second-order valence-electron chi connectivity index (χ2n) is 6.44. The molecule has 1 saturated heterocycles. The summed E-state index contributed by atoms with van der Waals surface area (Å²) >= 11 is 1.80. The molecule has 132 valence electrons. The van der Waals surface area contributed by atoms with E-state index in [4.69, 9.17) is 4.74 Å². The molecule has 0 aromatic heterocycles. The highest BCUT2D eigenvalue weighted by Gasteiger charge is 2.31. The Morgan fingerprint density at radius 2 is 2.33 bits per heavy atom. The third-order valence-corrected chi connectivity index (χ3v) is 5.65. The number of thioether (sulfide) groups is 1. The first-order valence-corrected chi connectivity index (χ1v) is 9.91. The van der Waals surface area contributed by atoms with Gasteiger partial charge in [-0.25, -0.2) is 0 Å². The number of nitrogens with one attached hydrogen (secondary N) is 2. The minimum atomic E-state index is -0.632. The third-order valence-electron chi connectivity index (χ3n) is 4.42. The smallest absolute Gasteiger partial charge is 0.191 e. The summed E-state index contributed by atoms with van der Waals surface area (Å²) in [4.78, 5) is 4.57. The van der Waals surface area contributed by atoms with Crippen molar-refractivity contribution >= 4 is 17.7 Å². The zero-order valence-corrected chi connectivity index (χ0v) is 15.1. The van der Waals surface area contributed by atoms with Crippen molar-refractivity contribution in [2.75, 3.05) is 37.7 Å². The maximum atomic E-state index is 10.4. The lowest BCUT2D eigenvalue weighted by atomic mass is 10.0. The molecular weight excluding hydrogens is 322 g/mol. The Balaban J connectivity index is 1.50. The molecule has 0 radical (unpaired) electrons. The van der Waals surface area contributed by atoms with E-state index in [9.17, 15) is 5.11 Å². The van der Waals surface area contributed by atoms with E-state index in [0.717, 1.165) is 62.2 Å². The molecule has 5 nitrogen and oxygen atoms in total.